The average Bonchev–Trinajstić information content (AvgIpc) is 2.77. The van der Waals surface area contributed by atoms with Gasteiger partial charge in [-0.15, -0.1) is 0 Å². The number of likely N-dealkylation sites (N-methyl/N-ethyl adjacent to an activating group) is 1. The van der Waals surface area contributed by atoms with E-state index in [-0.39, 0.29) is 23.9 Å². The fraction of sp³-hybridized carbons (Fsp3) is 0.560. The molecule has 32 heavy (non-hydrogen) atoms. The molecule has 7 nitrogen and oxygen atoms in total. The van der Waals surface area contributed by atoms with Crippen LogP contribution in [0.2, 0.25) is 0 Å². The largest absolute Gasteiger partial charge is 0.494 e. The van der Waals surface area contributed by atoms with Gasteiger partial charge in [0.1, 0.15) is 0 Å². The van der Waals surface area contributed by atoms with E-state index in [2.05, 4.69) is 26.1 Å². The van der Waals surface area contributed by atoms with E-state index >= 15 is 0 Å². The van der Waals surface area contributed by atoms with Crippen molar-refractivity contribution >= 4 is 18.2 Å². The van der Waals surface area contributed by atoms with Crippen molar-refractivity contribution in [2.45, 2.75) is 77.8 Å². The molecular weight excluding hydrogens is 406 g/mol. The summed E-state index contributed by atoms with van der Waals surface area (Å²) in [7, 11) is 1.69. The monoisotopic (exact) mass is 443 g/mol. The van der Waals surface area contributed by atoms with Crippen LogP contribution in [-0.2, 0) is 26.3 Å². The molecule has 0 saturated heterocycles. The van der Waals surface area contributed by atoms with Crippen molar-refractivity contribution in [3.05, 3.63) is 46.8 Å². The summed E-state index contributed by atoms with van der Waals surface area (Å²) in [6, 6.07) is 7.73. The summed E-state index contributed by atoms with van der Waals surface area (Å²) in [6.07, 6.45) is 5.40. The first-order valence-corrected chi connectivity index (χ1v) is 11.4. The van der Waals surface area contributed by atoms with Gasteiger partial charge in [0.25, 0.3) is 11.8 Å². The Labute approximate surface area is 191 Å². The molecule has 1 saturated carbocycles. The minimum absolute atomic E-state index is 0.0100. The maximum atomic E-state index is 13.2. The van der Waals surface area contributed by atoms with Crippen LogP contribution in [-0.4, -0.2) is 52.8 Å². The van der Waals surface area contributed by atoms with Crippen molar-refractivity contribution in [1.29, 1.82) is 0 Å². The van der Waals surface area contributed by atoms with Gasteiger partial charge in [0.2, 0.25) is 12.3 Å². The Bertz CT molecular complexity index is 834. The second-order valence-corrected chi connectivity index (χ2v) is 9.45. The maximum Gasteiger partial charge on any atom is 0.271 e. The number of carbonyl (C=O) groups is 3. The highest BCUT2D eigenvalue weighted by Crippen LogP contribution is 2.26. The van der Waals surface area contributed by atoms with Gasteiger partial charge < -0.3 is 15.3 Å². The van der Waals surface area contributed by atoms with E-state index in [9.17, 15) is 19.5 Å². The highest BCUT2D eigenvalue weighted by Gasteiger charge is 2.32. The Balaban J connectivity index is 2.31. The number of aliphatic hydroxyl groups excluding tert-OH is 1. The van der Waals surface area contributed by atoms with Crippen LogP contribution in [0.25, 0.3) is 0 Å². The number of imide groups is 1. The number of nitrogens with one attached hydrogen (secondary N) is 1. The van der Waals surface area contributed by atoms with Crippen molar-refractivity contribution in [3.8, 4) is 0 Å². The number of carbonyl (C=O) groups excluding carboxylic acids is 3. The van der Waals surface area contributed by atoms with Crippen LogP contribution in [0.4, 0.5) is 0 Å². The van der Waals surface area contributed by atoms with Gasteiger partial charge in [-0.05, 0) is 36.3 Å². The minimum atomic E-state index is -0.814. The predicted octanol–water partition coefficient (Wildman–Crippen LogP) is 3.64. The SMILES string of the molecule is CCNC(=O)/C(C(=O)N(C=O)Cc1ccc(C(C)(C)C)cc1)=C(\O)N(C)C1CCCCC1. The summed E-state index contributed by atoms with van der Waals surface area (Å²) in [4.78, 5) is 40.3. The highest BCUT2D eigenvalue weighted by atomic mass is 16.3. The molecule has 1 fully saturated rings. The van der Waals surface area contributed by atoms with E-state index in [0.29, 0.717) is 13.0 Å². The van der Waals surface area contributed by atoms with Gasteiger partial charge in [0.05, 0.1) is 6.54 Å². The standard InChI is InChI=1S/C25H37N3O4/c1-6-26-22(30)21(23(31)27(5)20-10-8-7-9-11-20)24(32)28(17-29)16-18-12-14-19(15-13-18)25(2,3)4/h12-15,17,20,31H,6-11,16H2,1-5H3,(H,26,30)/b23-21+. The predicted molar refractivity (Wildman–Crippen MR) is 125 cm³/mol. The number of benzene rings is 1. The number of hydrogen-bond acceptors (Lipinski definition) is 5. The van der Waals surface area contributed by atoms with Gasteiger partial charge in [0.15, 0.2) is 5.57 Å². The fourth-order valence-electron chi connectivity index (χ4n) is 3.97. The zero-order valence-corrected chi connectivity index (χ0v) is 20.0. The Morgan fingerprint density at radius 1 is 1.12 bits per heavy atom. The smallest absolute Gasteiger partial charge is 0.271 e. The number of nitrogens with zero attached hydrogens (tertiary/aromatic N) is 2. The molecule has 2 N–H and O–H groups in total. The van der Waals surface area contributed by atoms with Crippen molar-refractivity contribution in [3.63, 3.8) is 0 Å². The van der Waals surface area contributed by atoms with Crippen molar-refractivity contribution in [1.82, 2.24) is 15.1 Å². The molecule has 2 rings (SSSR count). The normalized spacial score (nSPS) is 15.5. The summed E-state index contributed by atoms with van der Waals surface area (Å²) in [5, 5.41) is 13.5. The second kappa shape index (κ2) is 11.2. The van der Waals surface area contributed by atoms with Crippen LogP contribution < -0.4 is 5.32 Å². The molecular formula is C25H37N3O4. The molecule has 1 aliphatic carbocycles. The van der Waals surface area contributed by atoms with Gasteiger partial charge in [-0.1, -0.05) is 64.3 Å². The maximum absolute atomic E-state index is 13.2. The molecule has 0 bridgehead atoms. The van der Waals surface area contributed by atoms with Crippen LogP contribution in [0.3, 0.4) is 0 Å². The fourth-order valence-corrected chi connectivity index (χ4v) is 3.97. The molecule has 1 aliphatic rings. The van der Waals surface area contributed by atoms with Crippen LogP contribution in [0.5, 0.6) is 0 Å². The van der Waals surface area contributed by atoms with Crippen molar-refractivity contribution < 1.29 is 19.5 Å². The second-order valence-electron chi connectivity index (χ2n) is 9.45. The van der Waals surface area contributed by atoms with Gasteiger partial charge >= 0.3 is 0 Å². The molecule has 0 aliphatic heterocycles. The summed E-state index contributed by atoms with van der Waals surface area (Å²) >= 11 is 0. The minimum Gasteiger partial charge on any atom is -0.494 e. The van der Waals surface area contributed by atoms with E-state index in [0.717, 1.165) is 48.1 Å². The zero-order chi connectivity index (χ0) is 23.9. The molecule has 0 atom stereocenters. The molecule has 1 aromatic carbocycles. The van der Waals surface area contributed by atoms with Crippen LogP contribution in [0, 0.1) is 0 Å². The van der Waals surface area contributed by atoms with Gasteiger partial charge in [-0.25, -0.2) is 0 Å². The van der Waals surface area contributed by atoms with Gasteiger partial charge in [0, 0.05) is 19.6 Å². The first-order chi connectivity index (χ1) is 15.1. The molecule has 1 aromatic rings. The molecule has 3 amide bonds. The number of rotatable bonds is 8. The van der Waals surface area contributed by atoms with E-state index < -0.39 is 17.4 Å². The molecule has 176 valence electrons. The van der Waals surface area contributed by atoms with E-state index in [1.54, 1.807) is 18.9 Å². The summed E-state index contributed by atoms with van der Waals surface area (Å²) in [6.45, 7) is 8.37. The Morgan fingerprint density at radius 2 is 1.72 bits per heavy atom. The summed E-state index contributed by atoms with van der Waals surface area (Å²) in [5.74, 6) is -1.89. The van der Waals surface area contributed by atoms with E-state index in [4.69, 9.17) is 0 Å². The molecule has 0 radical (unpaired) electrons. The van der Waals surface area contributed by atoms with Crippen LogP contribution in [0.1, 0.15) is 70.9 Å². The van der Waals surface area contributed by atoms with E-state index in [1.165, 1.54) is 0 Å². The third-order valence-corrected chi connectivity index (χ3v) is 6.02. The number of aliphatic hydroxyl groups is 1. The van der Waals surface area contributed by atoms with Crippen molar-refractivity contribution in [2.75, 3.05) is 13.6 Å². The lowest BCUT2D eigenvalue weighted by Gasteiger charge is -2.33. The lowest BCUT2D eigenvalue weighted by molar-refractivity contribution is -0.137. The molecule has 0 aromatic heterocycles. The van der Waals surface area contributed by atoms with Gasteiger partial charge in [-0.3, -0.25) is 19.3 Å². The first kappa shape index (κ1) is 25.4. The summed E-state index contributed by atoms with van der Waals surface area (Å²) in [5.41, 5.74) is 1.48. The lowest BCUT2D eigenvalue weighted by atomic mass is 9.87. The zero-order valence-electron chi connectivity index (χ0n) is 20.0. The molecule has 0 heterocycles. The average molecular weight is 444 g/mol. The number of amides is 3. The van der Waals surface area contributed by atoms with Crippen LogP contribution >= 0.6 is 0 Å². The first-order valence-electron chi connectivity index (χ1n) is 11.4. The van der Waals surface area contributed by atoms with Crippen LogP contribution in [0.15, 0.2) is 35.7 Å². The van der Waals surface area contributed by atoms with E-state index in [1.807, 2.05) is 24.3 Å². The third kappa shape index (κ3) is 6.34. The Kier molecular flexibility index (Phi) is 8.87. The third-order valence-electron chi connectivity index (χ3n) is 6.02. The van der Waals surface area contributed by atoms with Crippen molar-refractivity contribution in [2.24, 2.45) is 0 Å². The van der Waals surface area contributed by atoms with Gasteiger partial charge in [-0.2, -0.15) is 0 Å². The molecule has 0 spiro atoms. The Morgan fingerprint density at radius 3 is 2.22 bits per heavy atom. The Hall–Kier alpha value is -2.83. The molecule has 7 heteroatoms. The molecule has 0 unspecified atom stereocenters. The lowest BCUT2D eigenvalue weighted by Crippen LogP contribution is -2.41. The highest BCUT2D eigenvalue weighted by molar-refractivity contribution is 6.20. The summed E-state index contributed by atoms with van der Waals surface area (Å²) < 4.78 is 0. The quantitative estimate of drug-likeness (QED) is 0.210. The topological polar surface area (TPSA) is 90.0 Å². The number of hydrogen-bond donors (Lipinski definition) is 2.